The lowest BCUT2D eigenvalue weighted by atomic mass is 9.86. The average Bonchev–Trinajstić information content (AvgIpc) is 2.15. The van der Waals surface area contributed by atoms with Gasteiger partial charge in [-0.05, 0) is 23.8 Å². The quantitative estimate of drug-likeness (QED) is 0.233. The summed E-state index contributed by atoms with van der Waals surface area (Å²) >= 11 is 1.99. The van der Waals surface area contributed by atoms with Gasteiger partial charge in [0.25, 0.3) is 0 Å². The van der Waals surface area contributed by atoms with E-state index in [-0.39, 0.29) is 5.41 Å². The fourth-order valence-electron chi connectivity index (χ4n) is 1.25. The first-order valence-corrected chi connectivity index (χ1v) is 6.54. The zero-order valence-corrected chi connectivity index (χ0v) is 11.1. The van der Waals surface area contributed by atoms with E-state index in [1.807, 2.05) is 25.6 Å². The molecule has 4 heteroatoms. The molecule has 15 heavy (non-hydrogen) atoms. The van der Waals surface area contributed by atoms with Gasteiger partial charge in [0.1, 0.15) is 5.84 Å². The zero-order chi connectivity index (χ0) is 11.9. The van der Waals surface area contributed by atoms with Crippen LogP contribution in [0.1, 0.15) is 47.0 Å². The molecule has 0 aromatic rings. The number of hydrogen-bond acceptors (Lipinski definition) is 3. The molecule has 0 aliphatic carbocycles. The van der Waals surface area contributed by atoms with E-state index in [2.05, 4.69) is 19.0 Å². The summed E-state index contributed by atoms with van der Waals surface area (Å²) in [6.45, 7) is 8.45. The molecule has 3 nitrogen and oxygen atoms in total. The third kappa shape index (κ3) is 6.66. The molecule has 0 saturated carbocycles. The van der Waals surface area contributed by atoms with Gasteiger partial charge in [0.15, 0.2) is 0 Å². The number of rotatable bonds is 7. The molecule has 0 aliphatic heterocycles. The SMILES string of the molecule is CC(C)SCCCCC(C)(C)C(N)=NO. The van der Waals surface area contributed by atoms with Crippen LogP contribution in [0.4, 0.5) is 0 Å². The maximum atomic E-state index is 8.60. The summed E-state index contributed by atoms with van der Waals surface area (Å²) in [4.78, 5) is 0. The molecular weight excluding hydrogens is 208 g/mol. The largest absolute Gasteiger partial charge is 0.409 e. The first-order chi connectivity index (χ1) is 6.90. The second-order valence-electron chi connectivity index (χ2n) is 4.75. The van der Waals surface area contributed by atoms with Crippen LogP contribution >= 0.6 is 11.8 Å². The third-order valence-electron chi connectivity index (χ3n) is 2.45. The van der Waals surface area contributed by atoms with Crippen molar-refractivity contribution in [1.29, 1.82) is 0 Å². The second-order valence-corrected chi connectivity index (χ2v) is 6.43. The van der Waals surface area contributed by atoms with Gasteiger partial charge in [0.05, 0.1) is 0 Å². The molecule has 0 rings (SSSR count). The fourth-order valence-corrected chi connectivity index (χ4v) is 2.09. The Morgan fingerprint density at radius 3 is 2.47 bits per heavy atom. The van der Waals surface area contributed by atoms with Crippen molar-refractivity contribution in [3.63, 3.8) is 0 Å². The van der Waals surface area contributed by atoms with Crippen molar-refractivity contribution >= 4 is 17.6 Å². The first kappa shape index (κ1) is 14.6. The summed E-state index contributed by atoms with van der Waals surface area (Å²) in [5.41, 5.74) is 5.43. The topological polar surface area (TPSA) is 58.6 Å². The standard InChI is InChI=1S/C11H24N2OS/c1-9(2)15-8-6-5-7-11(3,4)10(12)13-14/h9,14H,5-8H2,1-4H3,(H2,12,13). The van der Waals surface area contributed by atoms with Crippen LogP contribution in [0.15, 0.2) is 5.16 Å². The normalized spacial score (nSPS) is 13.5. The van der Waals surface area contributed by atoms with E-state index >= 15 is 0 Å². The molecule has 0 radical (unpaired) electrons. The highest BCUT2D eigenvalue weighted by Crippen LogP contribution is 2.24. The van der Waals surface area contributed by atoms with Crippen molar-refractivity contribution < 1.29 is 5.21 Å². The molecule has 0 spiro atoms. The summed E-state index contributed by atoms with van der Waals surface area (Å²) < 4.78 is 0. The van der Waals surface area contributed by atoms with Crippen molar-refractivity contribution in [2.45, 2.75) is 52.2 Å². The fraction of sp³-hybridized carbons (Fsp3) is 0.909. The van der Waals surface area contributed by atoms with Gasteiger partial charge in [-0.25, -0.2) is 0 Å². The van der Waals surface area contributed by atoms with Crippen LogP contribution in [0.3, 0.4) is 0 Å². The molecule has 90 valence electrons. The minimum absolute atomic E-state index is 0.183. The van der Waals surface area contributed by atoms with Crippen LogP contribution in [0.25, 0.3) is 0 Å². The van der Waals surface area contributed by atoms with E-state index in [1.54, 1.807) is 0 Å². The van der Waals surface area contributed by atoms with E-state index in [4.69, 9.17) is 10.9 Å². The summed E-state index contributed by atoms with van der Waals surface area (Å²) in [7, 11) is 0. The number of nitrogens with two attached hydrogens (primary N) is 1. The Morgan fingerprint density at radius 2 is 2.00 bits per heavy atom. The predicted molar refractivity (Wildman–Crippen MR) is 68.6 cm³/mol. The van der Waals surface area contributed by atoms with E-state index in [9.17, 15) is 0 Å². The maximum absolute atomic E-state index is 8.60. The number of unbranched alkanes of at least 4 members (excludes halogenated alkanes) is 1. The van der Waals surface area contributed by atoms with Crippen molar-refractivity contribution in [1.82, 2.24) is 0 Å². The molecule has 0 atom stereocenters. The van der Waals surface area contributed by atoms with Gasteiger partial charge >= 0.3 is 0 Å². The van der Waals surface area contributed by atoms with Crippen LogP contribution in [-0.4, -0.2) is 22.0 Å². The van der Waals surface area contributed by atoms with Crippen LogP contribution in [0.5, 0.6) is 0 Å². The number of amidine groups is 1. The highest BCUT2D eigenvalue weighted by atomic mass is 32.2. The van der Waals surface area contributed by atoms with Gasteiger partial charge in [-0.15, -0.1) is 0 Å². The molecule has 0 amide bonds. The van der Waals surface area contributed by atoms with Crippen molar-refractivity contribution in [2.24, 2.45) is 16.3 Å². The minimum atomic E-state index is -0.183. The smallest absolute Gasteiger partial charge is 0.144 e. The molecule has 3 N–H and O–H groups in total. The Morgan fingerprint density at radius 1 is 1.40 bits per heavy atom. The summed E-state index contributed by atoms with van der Waals surface area (Å²) in [6.07, 6.45) is 3.30. The summed E-state index contributed by atoms with van der Waals surface area (Å²) in [5.74, 6) is 1.53. The predicted octanol–water partition coefficient (Wildman–Crippen LogP) is 3.07. The van der Waals surface area contributed by atoms with Crippen molar-refractivity contribution in [3.05, 3.63) is 0 Å². The minimum Gasteiger partial charge on any atom is -0.409 e. The molecular formula is C11H24N2OS. The number of oxime groups is 1. The number of thioether (sulfide) groups is 1. The van der Waals surface area contributed by atoms with Gasteiger partial charge in [-0.2, -0.15) is 11.8 Å². The number of hydrogen-bond donors (Lipinski definition) is 2. The Hall–Kier alpha value is -0.380. The van der Waals surface area contributed by atoms with Crippen LogP contribution in [0.2, 0.25) is 0 Å². The van der Waals surface area contributed by atoms with Gasteiger partial charge < -0.3 is 10.9 Å². The monoisotopic (exact) mass is 232 g/mol. The van der Waals surface area contributed by atoms with E-state index < -0.39 is 0 Å². The molecule has 0 unspecified atom stereocenters. The lowest BCUT2D eigenvalue weighted by Crippen LogP contribution is -2.31. The van der Waals surface area contributed by atoms with E-state index in [0.717, 1.165) is 12.8 Å². The molecule has 0 saturated heterocycles. The molecule has 0 aromatic carbocycles. The Labute approximate surface area is 97.5 Å². The van der Waals surface area contributed by atoms with Gasteiger partial charge in [-0.3, -0.25) is 0 Å². The van der Waals surface area contributed by atoms with Crippen molar-refractivity contribution in [2.75, 3.05) is 5.75 Å². The molecule has 0 heterocycles. The first-order valence-electron chi connectivity index (χ1n) is 5.49. The van der Waals surface area contributed by atoms with Crippen LogP contribution in [-0.2, 0) is 0 Å². The average molecular weight is 232 g/mol. The Bertz CT molecular complexity index is 203. The lowest BCUT2D eigenvalue weighted by Gasteiger charge is -2.22. The highest BCUT2D eigenvalue weighted by molar-refractivity contribution is 7.99. The van der Waals surface area contributed by atoms with E-state index in [1.165, 1.54) is 12.2 Å². The van der Waals surface area contributed by atoms with Crippen LogP contribution in [0, 0.1) is 5.41 Å². The molecule has 0 bridgehead atoms. The maximum Gasteiger partial charge on any atom is 0.144 e. The second kappa shape index (κ2) is 6.99. The highest BCUT2D eigenvalue weighted by Gasteiger charge is 2.22. The molecule has 0 aliphatic rings. The Balaban J connectivity index is 3.67. The lowest BCUT2D eigenvalue weighted by molar-refractivity contribution is 0.304. The molecule has 0 fully saturated rings. The number of nitrogens with zero attached hydrogens (tertiary/aromatic N) is 1. The van der Waals surface area contributed by atoms with E-state index in [0.29, 0.717) is 11.1 Å². The zero-order valence-electron chi connectivity index (χ0n) is 10.3. The van der Waals surface area contributed by atoms with Crippen LogP contribution < -0.4 is 5.73 Å². The molecule has 0 aromatic heterocycles. The Kier molecular flexibility index (Phi) is 6.81. The van der Waals surface area contributed by atoms with Gasteiger partial charge in [0, 0.05) is 5.41 Å². The third-order valence-corrected chi connectivity index (χ3v) is 3.64. The summed E-state index contributed by atoms with van der Waals surface area (Å²) in [5, 5.41) is 12.4. The summed E-state index contributed by atoms with van der Waals surface area (Å²) in [6, 6.07) is 0. The van der Waals surface area contributed by atoms with Gasteiger partial charge in [-0.1, -0.05) is 39.3 Å². The van der Waals surface area contributed by atoms with Gasteiger partial charge in [0.2, 0.25) is 0 Å². The van der Waals surface area contributed by atoms with Crippen molar-refractivity contribution in [3.8, 4) is 0 Å².